The lowest BCUT2D eigenvalue weighted by atomic mass is 10.2. The van der Waals surface area contributed by atoms with E-state index in [0.29, 0.717) is 25.4 Å². The lowest BCUT2D eigenvalue weighted by molar-refractivity contribution is -0.122. The maximum absolute atomic E-state index is 12.9. The van der Waals surface area contributed by atoms with Crippen LogP contribution in [0.5, 0.6) is 5.75 Å². The van der Waals surface area contributed by atoms with Gasteiger partial charge in [-0.25, -0.2) is 9.37 Å². The summed E-state index contributed by atoms with van der Waals surface area (Å²) in [5.41, 5.74) is 5.68. The second-order valence-electron chi connectivity index (χ2n) is 6.60. The molecule has 1 aliphatic heterocycles. The van der Waals surface area contributed by atoms with Crippen molar-refractivity contribution in [2.45, 2.75) is 18.9 Å². The molecule has 0 radical (unpaired) electrons. The molecule has 1 unspecified atom stereocenters. The fourth-order valence-corrected chi connectivity index (χ4v) is 3.31. The number of ether oxygens (including phenoxy) is 1. The zero-order chi connectivity index (χ0) is 19.1. The maximum Gasteiger partial charge on any atom is 0.236 e. The van der Waals surface area contributed by atoms with Crippen LogP contribution in [0, 0.1) is 5.82 Å². The number of amides is 1. The highest BCUT2D eigenvalue weighted by atomic mass is 19.1. The summed E-state index contributed by atoms with van der Waals surface area (Å²) < 4.78 is 18.6. The first-order valence-electron chi connectivity index (χ1n) is 9.21. The van der Waals surface area contributed by atoms with Crippen LogP contribution in [-0.4, -0.2) is 54.6 Å². The van der Waals surface area contributed by atoms with Crippen molar-refractivity contribution in [2.24, 2.45) is 5.73 Å². The first-order chi connectivity index (χ1) is 13.1. The van der Waals surface area contributed by atoms with Crippen LogP contribution in [0.4, 0.5) is 10.2 Å². The normalized spacial score (nSPS) is 18.1. The van der Waals surface area contributed by atoms with Crippen molar-refractivity contribution in [3.8, 4) is 5.75 Å². The first-order valence-corrected chi connectivity index (χ1v) is 9.21. The van der Waals surface area contributed by atoms with Crippen LogP contribution in [0.15, 0.2) is 48.7 Å². The average Bonchev–Trinajstić information content (AvgIpc) is 2.90. The molecule has 2 heterocycles. The number of hydrogen-bond donors (Lipinski definition) is 1. The van der Waals surface area contributed by atoms with Gasteiger partial charge in [0.25, 0.3) is 0 Å². The summed E-state index contributed by atoms with van der Waals surface area (Å²) in [6.07, 6.45) is 3.44. The highest BCUT2D eigenvalue weighted by molar-refractivity contribution is 5.80. The second kappa shape index (κ2) is 9.32. The van der Waals surface area contributed by atoms with Crippen molar-refractivity contribution in [1.82, 2.24) is 9.88 Å². The largest absolute Gasteiger partial charge is 0.494 e. The minimum atomic E-state index is -0.361. The number of benzene rings is 1. The van der Waals surface area contributed by atoms with E-state index >= 15 is 0 Å². The molecular weight excluding hydrogens is 347 g/mol. The van der Waals surface area contributed by atoms with E-state index in [-0.39, 0.29) is 17.8 Å². The van der Waals surface area contributed by atoms with Crippen molar-refractivity contribution in [3.63, 3.8) is 0 Å². The monoisotopic (exact) mass is 372 g/mol. The molecule has 1 amide bonds. The van der Waals surface area contributed by atoms with E-state index in [0.717, 1.165) is 31.7 Å². The highest BCUT2D eigenvalue weighted by Crippen LogP contribution is 2.17. The Morgan fingerprint density at radius 1 is 1.22 bits per heavy atom. The van der Waals surface area contributed by atoms with Crippen LogP contribution < -0.4 is 15.4 Å². The van der Waals surface area contributed by atoms with Crippen LogP contribution in [0.1, 0.15) is 12.8 Å². The molecule has 7 heteroatoms. The molecule has 1 aromatic carbocycles. The molecular formula is C20H25FN4O2. The molecule has 6 nitrogen and oxygen atoms in total. The van der Waals surface area contributed by atoms with E-state index < -0.39 is 0 Å². The van der Waals surface area contributed by atoms with Crippen LogP contribution >= 0.6 is 0 Å². The minimum Gasteiger partial charge on any atom is -0.494 e. The predicted octanol–water partition coefficient (Wildman–Crippen LogP) is 2.06. The number of carbonyl (C=O) groups is 1. The third-order valence-corrected chi connectivity index (χ3v) is 4.68. The minimum absolute atomic E-state index is 0.284. The van der Waals surface area contributed by atoms with Crippen molar-refractivity contribution in [1.29, 1.82) is 0 Å². The van der Waals surface area contributed by atoms with Gasteiger partial charge in [0.05, 0.1) is 6.61 Å². The average molecular weight is 372 g/mol. The van der Waals surface area contributed by atoms with E-state index in [1.807, 2.05) is 18.2 Å². The van der Waals surface area contributed by atoms with Gasteiger partial charge in [0.1, 0.15) is 23.4 Å². The number of pyridine rings is 1. The third-order valence-electron chi connectivity index (χ3n) is 4.68. The van der Waals surface area contributed by atoms with Gasteiger partial charge in [0, 0.05) is 32.4 Å². The summed E-state index contributed by atoms with van der Waals surface area (Å²) in [7, 11) is 0. The molecule has 1 atom stereocenters. The molecule has 1 saturated heterocycles. The standard InChI is InChI=1S/C20H25FN4O2/c21-16-6-8-17(9-7-16)27-14-4-13-24-11-3-12-25(15-18(24)20(22)26)19-5-1-2-10-23-19/h1-2,5-10,18H,3-4,11-15H2,(H2,22,26). The van der Waals surface area contributed by atoms with Crippen LogP contribution in [0.3, 0.4) is 0 Å². The molecule has 0 aliphatic carbocycles. The van der Waals surface area contributed by atoms with Crippen LogP contribution in [0.25, 0.3) is 0 Å². The first kappa shape index (κ1) is 19.1. The molecule has 1 aliphatic rings. The summed E-state index contributed by atoms with van der Waals surface area (Å²) in [6.45, 7) is 3.38. The van der Waals surface area contributed by atoms with Gasteiger partial charge < -0.3 is 15.4 Å². The molecule has 2 aromatic rings. The van der Waals surface area contributed by atoms with E-state index in [9.17, 15) is 9.18 Å². The summed E-state index contributed by atoms with van der Waals surface area (Å²) in [5, 5.41) is 0. The van der Waals surface area contributed by atoms with Gasteiger partial charge in [-0.2, -0.15) is 0 Å². The molecule has 1 fully saturated rings. The fourth-order valence-electron chi connectivity index (χ4n) is 3.31. The maximum atomic E-state index is 12.9. The number of hydrogen-bond acceptors (Lipinski definition) is 5. The Bertz CT molecular complexity index is 727. The molecule has 1 aromatic heterocycles. The van der Waals surface area contributed by atoms with Crippen LogP contribution in [-0.2, 0) is 4.79 Å². The number of halogens is 1. The van der Waals surface area contributed by atoms with Crippen molar-refractivity contribution in [2.75, 3.05) is 37.7 Å². The third kappa shape index (κ3) is 5.40. The van der Waals surface area contributed by atoms with E-state index in [2.05, 4.69) is 14.8 Å². The Hall–Kier alpha value is -2.67. The molecule has 0 bridgehead atoms. The Kier molecular flexibility index (Phi) is 6.59. The van der Waals surface area contributed by atoms with Gasteiger partial charge in [0.2, 0.25) is 5.91 Å². The van der Waals surface area contributed by atoms with Gasteiger partial charge in [-0.15, -0.1) is 0 Å². The number of aromatic nitrogens is 1. The van der Waals surface area contributed by atoms with Gasteiger partial charge >= 0.3 is 0 Å². The predicted molar refractivity (Wildman–Crippen MR) is 102 cm³/mol. The smallest absolute Gasteiger partial charge is 0.236 e. The Morgan fingerprint density at radius 2 is 2.04 bits per heavy atom. The lowest BCUT2D eigenvalue weighted by Gasteiger charge is -2.29. The topological polar surface area (TPSA) is 71.7 Å². The Morgan fingerprint density at radius 3 is 2.74 bits per heavy atom. The Labute approximate surface area is 158 Å². The van der Waals surface area contributed by atoms with Gasteiger partial charge in [-0.05, 0) is 49.2 Å². The number of primary amides is 1. The van der Waals surface area contributed by atoms with Crippen molar-refractivity contribution >= 4 is 11.7 Å². The molecule has 2 N–H and O–H groups in total. The zero-order valence-electron chi connectivity index (χ0n) is 15.3. The number of nitrogens with two attached hydrogens (primary N) is 1. The van der Waals surface area contributed by atoms with Crippen LogP contribution in [0.2, 0.25) is 0 Å². The van der Waals surface area contributed by atoms with Crippen molar-refractivity contribution < 1.29 is 13.9 Å². The lowest BCUT2D eigenvalue weighted by Crippen LogP contribution is -2.50. The summed E-state index contributed by atoms with van der Waals surface area (Å²) in [5.74, 6) is 0.899. The molecule has 27 heavy (non-hydrogen) atoms. The van der Waals surface area contributed by atoms with E-state index in [1.165, 1.54) is 12.1 Å². The summed E-state index contributed by atoms with van der Waals surface area (Å²) >= 11 is 0. The molecule has 0 spiro atoms. The summed E-state index contributed by atoms with van der Waals surface area (Å²) in [4.78, 5) is 20.7. The molecule has 3 rings (SSSR count). The van der Waals surface area contributed by atoms with Gasteiger partial charge in [-0.1, -0.05) is 6.07 Å². The fraction of sp³-hybridized carbons (Fsp3) is 0.400. The number of rotatable bonds is 7. The number of carbonyl (C=O) groups excluding carboxylic acids is 1. The SMILES string of the molecule is NC(=O)C1CN(c2ccccn2)CCCN1CCCOc1ccc(F)cc1. The van der Waals surface area contributed by atoms with E-state index in [4.69, 9.17) is 10.5 Å². The van der Waals surface area contributed by atoms with Gasteiger partial charge in [0.15, 0.2) is 0 Å². The molecule has 0 saturated carbocycles. The number of anilines is 1. The quantitative estimate of drug-likeness (QED) is 0.754. The Balaban J connectivity index is 1.54. The van der Waals surface area contributed by atoms with E-state index in [1.54, 1.807) is 18.3 Å². The molecule has 144 valence electrons. The zero-order valence-corrected chi connectivity index (χ0v) is 15.3. The van der Waals surface area contributed by atoms with Crippen molar-refractivity contribution in [3.05, 3.63) is 54.5 Å². The second-order valence-corrected chi connectivity index (χ2v) is 6.60. The highest BCUT2D eigenvalue weighted by Gasteiger charge is 2.29. The van der Waals surface area contributed by atoms with Gasteiger partial charge in [-0.3, -0.25) is 9.69 Å². The number of nitrogens with zero attached hydrogens (tertiary/aromatic N) is 3. The summed E-state index contributed by atoms with van der Waals surface area (Å²) in [6, 6.07) is 11.4.